The number of carbonyl (C=O) groups excluding carboxylic acids is 1. The molecule has 0 heterocycles. The number of benzene rings is 1. The second-order valence-corrected chi connectivity index (χ2v) is 4.62. The molecule has 0 radical (unpaired) electrons. The van der Waals surface area contributed by atoms with Crippen LogP contribution in [-0.4, -0.2) is 30.1 Å². The zero-order valence-electron chi connectivity index (χ0n) is 11.9. The van der Waals surface area contributed by atoms with Crippen molar-refractivity contribution in [3.63, 3.8) is 0 Å². The van der Waals surface area contributed by atoms with Gasteiger partial charge in [0.1, 0.15) is 5.82 Å². The van der Waals surface area contributed by atoms with Crippen LogP contribution in [0.25, 0.3) is 6.08 Å². The Morgan fingerprint density at radius 1 is 1.43 bits per heavy atom. The lowest BCUT2D eigenvalue weighted by molar-refractivity contribution is -0.131. The number of amides is 1. The maximum absolute atomic E-state index is 13.4. The van der Waals surface area contributed by atoms with Gasteiger partial charge in [-0.1, -0.05) is 13.3 Å². The average molecular weight is 294 g/mol. The second-order valence-electron chi connectivity index (χ2n) is 4.62. The average Bonchev–Trinajstić information content (AvgIpc) is 2.41. The highest BCUT2D eigenvalue weighted by atomic mass is 19.1. The summed E-state index contributed by atoms with van der Waals surface area (Å²) in [7, 11) is 0. The van der Waals surface area contributed by atoms with Crippen molar-refractivity contribution in [2.75, 3.05) is 18.0 Å². The third kappa shape index (κ3) is 5.64. The topological polar surface area (TPSA) is 83.6 Å². The number of aliphatic carboxylic acids is 1. The van der Waals surface area contributed by atoms with E-state index in [1.54, 1.807) is 4.90 Å². The maximum Gasteiger partial charge on any atom is 0.328 e. The third-order valence-corrected chi connectivity index (χ3v) is 2.86. The Morgan fingerprint density at radius 3 is 2.71 bits per heavy atom. The fourth-order valence-corrected chi connectivity index (χ4v) is 1.93. The van der Waals surface area contributed by atoms with E-state index in [9.17, 15) is 14.0 Å². The molecule has 3 N–H and O–H groups in total. The van der Waals surface area contributed by atoms with Gasteiger partial charge < -0.3 is 15.7 Å². The number of carboxylic acid groups (broad SMARTS) is 1. The van der Waals surface area contributed by atoms with Crippen molar-refractivity contribution in [3.05, 3.63) is 35.7 Å². The van der Waals surface area contributed by atoms with Gasteiger partial charge in [-0.15, -0.1) is 0 Å². The predicted molar refractivity (Wildman–Crippen MR) is 79.4 cm³/mol. The van der Waals surface area contributed by atoms with E-state index in [4.69, 9.17) is 10.8 Å². The Labute approximate surface area is 122 Å². The Bertz CT molecular complexity index is 544. The van der Waals surface area contributed by atoms with Gasteiger partial charge in [0.2, 0.25) is 5.91 Å². The number of halogens is 1. The van der Waals surface area contributed by atoms with Crippen LogP contribution in [0.4, 0.5) is 10.1 Å². The molecule has 0 atom stereocenters. The smallest absolute Gasteiger partial charge is 0.328 e. The number of nitrogens with zero attached hydrogens (tertiary/aromatic N) is 1. The van der Waals surface area contributed by atoms with Gasteiger partial charge in [0.25, 0.3) is 0 Å². The first-order chi connectivity index (χ1) is 9.93. The number of rotatable bonds is 8. The highest BCUT2D eigenvalue weighted by Gasteiger charge is 2.13. The van der Waals surface area contributed by atoms with E-state index in [0.29, 0.717) is 17.8 Å². The van der Waals surface area contributed by atoms with Crippen molar-refractivity contribution in [1.82, 2.24) is 0 Å². The standard InChI is InChI=1S/C15H19FN2O3/c1-2-3-8-18(10-14(17)19)13-6-5-12(16)9-11(13)4-7-15(20)21/h4-7,9H,2-3,8,10H2,1H3,(H2,17,19)(H,20,21). The van der Waals surface area contributed by atoms with Gasteiger partial charge in [0, 0.05) is 23.9 Å². The molecule has 0 aliphatic carbocycles. The van der Waals surface area contributed by atoms with Crippen LogP contribution in [0, 0.1) is 5.82 Å². The lowest BCUT2D eigenvalue weighted by atomic mass is 10.1. The van der Waals surface area contributed by atoms with E-state index in [2.05, 4.69) is 0 Å². The van der Waals surface area contributed by atoms with Crippen LogP contribution in [0.5, 0.6) is 0 Å². The monoisotopic (exact) mass is 294 g/mol. The minimum absolute atomic E-state index is 0.000453. The highest BCUT2D eigenvalue weighted by molar-refractivity contribution is 5.87. The third-order valence-electron chi connectivity index (χ3n) is 2.86. The van der Waals surface area contributed by atoms with E-state index in [1.165, 1.54) is 24.3 Å². The van der Waals surface area contributed by atoms with Crippen molar-refractivity contribution in [1.29, 1.82) is 0 Å². The molecule has 5 nitrogen and oxygen atoms in total. The summed E-state index contributed by atoms with van der Waals surface area (Å²) >= 11 is 0. The Balaban J connectivity index is 3.15. The largest absolute Gasteiger partial charge is 0.478 e. The molecule has 0 saturated heterocycles. The SMILES string of the molecule is CCCCN(CC(N)=O)c1ccc(F)cc1C=CC(=O)O. The van der Waals surface area contributed by atoms with E-state index in [1.807, 2.05) is 6.92 Å². The van der Waals surface area contributed by atoms with Crippen LogP contribution in [0.2, 0.25) is 0 Å². The molecule has 0 bridgehead atoms. The van der Waals surface area contributed by atoms with Crippen LogP contribution < -0.4 is 10.6 Å². The first-order valence-electron chi connectivity index (χ1n) is 6.67. The molecule has 1 aromatic carbocycles. The Morgan fingerprint density at radius 2 is 2.14 bits per heavy atom. The molecule has 0 unspecified atom stereocenters. The summed E-state index contributed by atoms with van der Waals surface area (Å²) in [5.41, 5.74) is 6.22. The summed E-state index contributed by atoms with van der Waals surface area (Å²) < 4.78 is 13.4. The molecule has 0 spiro atoms. The van der Waals surface area contributed by atoms with Crippen molar-refractivity contribution in [2.45, 2.75) is 19.8 Å². The first-order valence-corrected chi connectivity index (χ1v) is 6.67. The Kier molecular flexibility index (Phi) is 6.39. The zero-order valence-corrected chi connectivity index (χ0v) is 11.9. The fraction of sp³-hybridized carbons (Fsp3) is 0.333. The molecular formula is C15H19FN2O3. The van der Waals surface area contributed by atoms with Crippen LogP contribution in [-0.2, 0) is 9.59 Å². The van der Waals surface area contributed by atoms with Crippen LogP contribution in [0.1, 0.15) is 25.3 Å². The Hall–Kier alpha value is -2.37. The minimum atomic E-state index is -1.12. The normalized spacial score (nSPS) is 10.8. The molecule has 0 saturated carbocycles. The second kappa shape index (κ2) is 8.04. The molecule has 1 amide bonds. The quantitative estimate of drug-likeness (QED) is 0.718. The van der Waals surface area contributed by atoms with Gasteiger partial charge in [-0.25, -0.2) is 9.18 Å². The minimum Gasteiger partial charge on any atom is -0.478 e. The van der Waals surface area contributed by atoms with E-state index < -0.39 is 17.7 Å². The van der Waals surface area contributed by atoms with Crippen molar-refractivity contribution in [2.24, 2.45) is 5.73 Å². The lowest BCUT2D eigenvalue weighted by Crippen LogP contribution is -2.35. The van der Waals surface area contributed by atoms with Gasteiger partial charge in [-0.3, -0.25) is 4.79 Å². The number of nitrogens with two attached hydrogens (primary N) is 1. The maximum atomic E-state index is 13.4. The van der Waals surface area contributed by atoms with Crippen molar-refractivity contribution < 1.29 is 19.1 Å². The van der Waals surface area contributed by atoms with E-state index in [-0.39, 0.29) is 6.54 Å². The number of unbranched alkanes of at least 4 members (excludes halogenated alkanes) is 1. The van der Waals surface area contributed by atoms with Crippen molar-refractivity contribution >= 4 is 23.6 Å². The van der Waals surface area contributed by atoms with Crippen molar-refractivity contribution in [3.8, 4) is 0 Å². The molecule has 1 rings (SSSR count). The number of carboxylic acids is 1. The first kappa shape index (κ1) is 16.7. The summed E-state index contributed by atoms with van der Waals surface area (Å²) in [4.78, 5) is 23.5. The van der Waals surface area contributed by atoms with Gasteiger partial charge in [0.05, 0.1) is 6.54 Å². The van der Waals surface area contributed by atoms with Gasteiger partial charge in [-0.05, 0) is 30.7 Å². The summed E-state index contributed by atoms with van der Waals surface area (Å²) in [6.45, 7) is 2.59. The van der Waals surface area contributed by atoms with Gasteiger partial charge in [-0.2, -0.15) is 0 Å². The van der Waals surface area contributed by atoms with Crippen LogP contribution in [0.3, 0.4) is 0 Å². The van der Waals surface area contributed by atoms with E-state index in [0.717, 1.165) is 18.9 Å². The predicted octanol–water partition coefficient (Wildman–Crippen LogP) is 2.02. The summed E-state index contributed by atoms with van der Waals surface area (Å²) in [6, 6.07) is 4.03. The number of hydrogen-bond acceptors (Lipinski definition) is 3. The number of carbonyl (C=O) groups is 2. The fourth-order valence-electron chi connectivity index (χ4n) is 1.93. The molecule has 0 aromatic heterocycles. The summed E-state index contributed by atoms with van der Waals surface area (Å²) in [5.74, 6) is -2.10. The molecule has 114 valence electrons. The summed E-state index contributed by atoms with van der Waals surface area (Å²) in [6.07, 6.45) is 4.00. The molecule has 1 aromatic rings. The van der Waals surface area contributed by atoms with E-state index >= 15 is 0 Å². The number of hydrogen-bond donors (Lipinski definition) is 2. The van der Waals surface area contributed by atoms with Gasteiger partial charge in [0.15, 0.2) is 0 Å². The zero-order chi connectivity index (χ0) is 15.8. The van der Waals surface area contributed by atoms with Crippen LogP contribution in [0.15, 0.2) is 24.3 Å². The molecular weight excluding hydrogens is 275 g/mol. The highest BCUT2D eigenvalue weighted by Crippen LogP contribution is 2.23. The molecule has 0 aliphatic heterocycles. The number of primary amides is 1. The van der Waals surface area contributed by atoms with Crippen LogP contribution >= 0.6 is 0 Å². The molecule has 0 fully saturated rings. The lowest BCUT2D eigenvalue weighted by Gasteiger charge is -2.25. The molecule has 0 aliphatic rings. The number of anilines is 1. The molecule has 6 heteroatoms. The molecule has 21 heavy (non-hydrogen) atoms. The van der Waals surface area contributed by atoms with Gasteiger partial charge >= 0.3 is 5.97 Å². The summed E-state index contributed by atoms with van der Waals surface area (Å²) in [5, 5.41) is 8.69.